The lowest BCUT2D eigenvalue weighted by Gasteiger charge is -2.31. The summed E-state index contributed by atoms with van der Waals surface area (Å²) in [6.45, 7) is 7.26. The lowest BCUT2D eigenvalue weighted by atomic mass is 9.97. The molecule has 2 aromatic heterocycles. The molecule has 2 aromatic rings. The fourth-order valence-electron chi connectivity index (χ4n) is 3.11. The number of likely N-dealkylation sites (tertiary alicyclic amines) is 1. The molecule has 1 N–H and O–H groups in total. The van der Waals surface area contributed by atoms with Crippen LogP contribution in [0.4, 0.5) is 5.82 Å². The highest BCUT2D eigenvalue weighted by Gasteiger charge is 2.27. The average molecular weight is 343 g/mol. The molecule has 0 spiro atoms. The summed E-state index contributed by atoms with van der Waals surface area (Å²) < 4.78 is 1.85. The van der Waals surface area contributed by atoms with Gasteiger partial charge >= 0.3 is 0 Å². The van der Waals surface area contributed by atoms with Crippen LogP contribution < -0.4 is 5.32 Å². The first-order valence-corrected chi connectivity index (χ1v) is 8.86. The van der Waals surface area contributed by atoms with Crippen LogP contribution in [0.2, 0.25) is 0 Å². The largest absolute Gasteiger partial charge is 0.310 e. The number of hydrogen-bond donors (Lipinski definition) is 1. The Morgan fingerprint density at radius 2 is 2.28 bits per heavy atom. The lowest BCUT2D eigenvalue weighted by Crippen LogP contribution is -2.40. The molecule has 8 nitrogen and oxygen atoms in total. The van der Waals surface area contributed by atoms with Gasteiger partial charge in [-0.15, -0.1) is 5.10 Å². The number of carbonyl (C=O) groups is 1. The Morgan fingerprint density at radius 1 is 1.40 bits per heavy atom. The van der Waals surface area contributed by atoms with E-state index in [-0.39, 0.29) is 11.8 Å². The Kier molecular flexibility index (Phi) is 5.70. The molecule has 1 amide bonds. The van der Waals surface area contributed by atoms with Gasteiger partial charge in [-0.2, -0.15) is 0 Å². The Bertz CT molecular complexity index is 697. The number of carbonyl (C=O) groups excluding carboxylic acids is 1. The van der Waals surface area contributed by atoms with Gasteiger partial charge in [-0.05, 0) is 54.8 Å². The van der Waals surface area contributed by atoms with Crippen molar-refractivity contribution in [3.8, 4) is 0 Å². The van der Waals surface area contributed by atoms with Gasteiger partial charge in [-0.3, -0.25) is 9.69 Å². The molecule has 134 valence electrons. The van der Waals surface area contributed by atoms with Crippen molar-refractivity contribution in [3.63, 3.8) is 0 Å². The summed E-state index contributed by atoms with van der Waals surface area (Å²) >= 11 is 0. The number of amides is 1. The summed E-state index contributed by atoms with van der Waals surface area (Å²) in [4.78, 5) is 19.1. The van der Waals surface area contributed by atoms with Crippen molar-refractivity contribution in [2.75, 3.05) is 18.4 Å². The summed E-state index contributed by atoms with van der Waals surface area (Å²) in [5, 5.41) is 14.9. The Morgan fingerprint density at radius 3 is 3.04 bits per heavy atom. The van der Waals surface area contributed by atoms with Gasteiger partial charge in [0.2, 0.25) is 5.91 Å². The van der Waals surface area contributed by atoms with E-state index in [0.29, 0.717) is 12.4 Å². The quantitative estimate of drug-likeness (QED) is 0.858. The standard InChI is InChI=1S/C17H25N7O/c1-3-8-24-16(20-21-22-24)12-23-9-4-5-14(11-23)17(25)19-15-7-6-13(2)10-18-15/h6-7,10,14H,3-5,8-9,11-12H2,1-2H3,(H,18,19,25). The molecular weight excluding hydrogens is 318 g/mol. The Hall–Kier alpha value is -2.35. The molecule has 0 aliphatic carbocycles. The second-order valence-corrected chi connectivity index (χ2v) is 6.60. The van der Waals surface area contributed by atoms with Gasteiger partial charge in [0.1, 0.15) is 5.82 Å². The first kappa shape index (κ1) is 17.5. The van der Waals surface area contributed by atoms with Crippen molar-refractivity contribution >= 4 is 11.7 Å². The van der Waals surface area contributed by atoms with E-state index >= 15 is 0 Å². The Balaban J connectivity index is 1.57. The normalized spacial score (nSPS) is 18.2. The zero-order valence-corrected chi connectivity index (χ0v) is 14.9. The van der Waals surface area contributed by atoms with Gasteiger partial charge < -0.3 is 5.32 Å². The van der Waals surface area contributed by atoms with Crippen molar-refractivity contribution < 1.29 is 4.79 Å². The van der Waals surface area contributed by atoms with Crippen LogP contribution >= 0.6 is 0 Å². The first-order chi connectivity index (χ1) is 12.2. The minimum Gasteiger partial charge on any atom is -0.310 e. The summed E-state index contributed by atoms with van der Waals surface area (Å²) in [5.74, 6) is 1.48. The van der Waals surface area contributed by atoms with E-state index in [1.165, 1.54) is 0 Å². The average Bonchev–Trinajstić information content (AvgIpc) is 3.04. The van der Waals surface area contributed by atoms with E-state index in [2.05, 4.69) is 37.6 Å². The number of anilines is 1. The summed E-state index contributed by atoms with van der Waals surface area (Å²) in [6.07, 6.45) is 4.64. The van der Waals surface area contributed by atoms with E-state index in [0.717, 1.165) is 50.3 Å². The van der Waals surface area contributed by atoms with Crippen molar-refractivity contribution in [2.24, 2.45) is 5.92 Å². The van der Waals surface area contributed by atoms with Crippen LogP contribution in [0.15, 0.2) is 18.3 Å². The number of tetrazole rings is 1. The van der Waals surface area contributed by atoms with Crippen LogP contribution in [-0.2, 0) is 17.9 Å². The zero-order chi connectivity index (χ0) is 17.6. The van der Waals surface area contributed by atoms with Gasteiger partial charge in [-0.25, -0.2) is 9.67 Å². The SMILES string of the molecule is CCCn1nnnc1CN1CCCC(C(=O)Nc2ccc(C)cn2)C1. The number of aromatic nitrogens is 5. The molecule has 25 heavy (non-hydrogen) atoms. The minimum atomic E-state index is -0.0349. The van der Waals surface area contributed by atoms with Crippen LogP contribution in [0.25, 0.3) is 0 Å². The number of rotatable bonds is 6. The van der Waals surface area contributed by atoms with E-state index in [4.69, 9.17) is 0 Å². The van der Waals surface area contributed by atoms with Crippen LogP contribution in [0, 0.1) is 12.8 Å². The number of nitrogens with zero attached hydrogens (tertiary/aromatic N) is 6. The number of hydrogen-bond acceptors (Lipinski definition) is 6. The van der Waals surface area contributed by atoms with E-state index in [1.54, 1.807) is 6.20 Å². The molecule has 0 bridgehead atoms. The van der Waals surface area contributed by atoms with Gasteiger partial charge in [0.05, 0.1) is 12.5 Å². The number of pyridine rings is 1. The molecule has 1 aliphatic rings. The fraction of sp³-hybridized carbons (Fsp3) is 0.588. The van der Waals surface area contributed by atoms with Crippen LogP contribution in [0.5, 0.6) is 0 Å². The molecule has 1 aliphatic heterocycles. The maximum atomic E-state index is 12.5. The van der Waals surface area contributed by atoms with Crippen molar-refractivity contribution in [2.45, 2.75) is 46.2 Å². The fourth-order valence-corrected chi connectivity index (χ4v) is 3.11. The second-order valence-electron chi connectivity index (χ2n) is 6.60. The van der Waals surface area contributed by atoms with Crippen LogP contribution in [0.3, 0.4) is 0 Å². The number of aryl methyl sites for hydroxylation is 2. The zero-order valence-electron chi connectivity index (χ0n) is 14.9. The predicted molar refractivity (Wildman–Crippen MR) is 93.7 cm³/mol. The molecule has 8 heteroatoms. The highest BCUT2D eigenvalue weighted by atomic mass is 16.2. The maximum absolute atomic E-state index is 12.5. The highest BCUT2D eigenvalue weighted by molar-refractivity contribution is 5.91. The predicted octanol–water partition coefficient (Wildman–Crippen LogP) is 1.64. The molecular formula is C17H25N7O. The van der Waals surface area contributed by atoms with Crippen molar-refractivity contribution in [1.82, 2.24) is 30.1 Å². The smallest absolute Gasteiger partial charge is 0.229 e. The molecule has 1 fully saturated rings. The third-order valence-electron chi connectivity index (χ3n) is 4.45. The summed E-state index contributed by atoms with van der Waals surface area (Å²) in [5.41, 5.74) is 1.08. The summed E-state index contributed by atoms with van der Waals surface area (Å²) in [7, 11) is 0. The van der Waals surface area contributed by atoms with E-state index < -0.39 is 0 Å². The number of piperidine rings is 1. The van der Waals surface area contributed by atoms with Gasteiger partial charge in [0.15, 0.2) is 5.82 Å². The van der Waals surface area contributed by atoms with Gasteiger partial charge in [0.25, 0.3) is 0 Å². The topological polar surface area (TPSA) is 88.8 Å². The van der Waals surface area contributed by atoms with Gasteiger partial charge in [0, 0.05) is 19.3 Å². The third-order valence-corrected chi connectivity index (χ3v) is 4.45. The number of nitrogens with one attached hydrogen (secondary N) is 1. The van der Waals surface area contributed by atoms with Crippen molar-refractivity contribution in [3.05, 3.63) is 29.7 Å². The highest BCUT2D eigenvalue weighted by Crippen LogP contribution is 2.19. The summed E-state index contributed by atoms with van der Waals surface area (Å²) in [6, 6.07) is 3.79. The molecule has 1 atom stereocenters. The minimum absolute atomic E-state index is 0.0349. The molecule has 3 rings (SSSR count). The van der Waals surface area contributed by atoms with E-state index in [9.17, 15) is 4.79 Å². The molecule has 3 heterocycles. The second kappa shape index (κ2) is 8.15. The van der Waals surface area contributed by atoms with Gasteiger partial charge in [-0.1, -0.05) is 13.0 Å². The monoisotopic (exact) mass is 343 g/mol. The van der Waals surface area contributed by atoms with E-state index in [1.807, 2.05) is 23.7 Å². The van der Waals surface area contributed by atoms with Crippen LogP contribution in [-0.4, -0.2) is 49.1 Å². The first-order valence-electron chi connectivity index (χ1n) is 8.86. The lowest BCUT2D eigenvalue weighted by molar-refractivity contribution is -0.121. The van der Waals surface area contributed by atoms with Crippen molar-refractivity contribution in [1.29, 1.82) is 0 Å². The molecule has 1 unspecified atom stereocenters. The Labute approximate surface area is 147 Å². The molecule has 0 radical (unpaired) electrons. The maximum Gasteiger partial charge on any atom is 0.229 e. The molecule has 1 saturated heterocycles. The van der Waals surface area contributed by atoms with Crippen LogP contribution in [0.1, 0.15) is 37.6 Å². The third kappa shape index (κ3) is 4.60. The molecule has 0 aromatic carbocycles. The molecule has 0 saturated carbocycles.